The average molecular weight is 440 g/mol. The Labute approximate surface area is 192 Å². The van der Waals surface area contributed by atoms with Crippen LogP contribution in [0, 0.1) is 0 Å². The molecule has 1 heterocycles. The van der Waals surface area contributed by atoms with Crippen LogP contribution in [0.25, 0.3) is 0 Å². The van der Waals surface area contributed by atoms with Crippen LogP contribution in [0.5, 0.6) is 0 Å². The van der Waals surface area contributed by atoms with Crippen LogP contribution in [0.2, 0.25) is 0 Å². The first kappa shape index (κ1) is 20.9. The second kappa shape index (κ2) is 8.20. The normalized spacial score (nSPS) is 19.4. The van der Waals surface area contributed by atoms with E-state index in [1.165, 1.54) is 16.0 Å². The van der Waals surface area contributed by atoms with E-state index in [2.05, 4.69) is 22.8 Å². The lowest BCUT2D eigenvalue weighted by molar-refractivity contribution is -0.131. The number of amides is 4. The van der Waals surface area contributed by atoms with Gasteiger partial charge >= 0.3 is 6.03 Å². The summed E-state index contributed by atoms with van der Waals surface area (Å²) >= 11 is 0. The molecule has 2 N–H and O–H groups in total. The molecule has 1 atom stereocenters. The van der Waals surface area contributed by atoms with E-state index in [1.54, 1.807) is 31.2 Å². The molecule has 0 aromatic heterocycles. The van der Waals surface area contributed by atoms with E-state index in [0.29, 0.717) is 5.56 Å². The van der Waals surface area contributed by atoms with Crippen LogP contribution in [-0.4, -0.2) is 22.7 Å². The number of hydrogen-bond acceptors (Lipinski definition) is 3. The molecule has 6 nitrogen and oxygen atoms in total. The highest BCUT2D eigenvalue weighted by Crippen LogP contribution is 2.33. The van der Waals surface area contributed by atoms with Crippen LogP contribution in [0.1, 0.15) is 46.0 Å². The van der Waals surface area contributed by atoms with E-state index in [1.807, 2.05) is 36.4 Å². The molecule has 6 heteroatoms. The van der Waals surface area contributed by atoms with Gasteiger partial charge in [0, 0.05) is 11.3 Å². The van der Waals surface area contributed by atoms with E-state index in [9.17, 15) is 14.4 Å². The topological polar surface area (TPSA) is 78.5 Å². The Hall–Kier alpha value is -3.93. The largest absolute Gasteiger partial charge is 0.325 e. The molecule has 5 rings (SSSR count). The van der Waals surface area contributed by atoms with E-state index < -0.39 is 11.6 Å². The predicted molar refractivity (Wildman–Crippen MR) is 126 cm³/mol. The summed E-state index contributed by atoms with van der Waals surface area (Å²) in [6, 6.07) is 21.9. The molecule has 2 aliphatic rings. The molecule has 0 spiro atoms. The minimum atomic E-state index is -1.08. The lowest BCUT2D eigenvalue weighted by Gasteiger charge is -2.23. The van der Waals surface area contributed by atoms with Crippen molar-refractivity contribution in [2.75, 3.05) is 5.32 Å². The molecule has 1 unspecified atom stereocenters. The molecule has 1 saturated heterocycles. The van der Waals surface area contributed by atoms with E-state index >= 15 is 0 Å². The number of carbonyl (C=O) groups excluding carboxylic acids is 3. The fourth-order valence-electron chi connectivity index (χ4n) is 4.59. The second-order valence-corrected chi connectivity index (χ2v) is 8.80. The van der Waals surface area contributed by atoms with Crippen LogP contribution in [-0.2, 0) is 29.7 Å². The molecule has 0 saturated carbocycles. The molecule has 166 valence electrons. The number of anilines is 1. The highest BCUT2D eigenvalue weighted by molar-refractivity contribution is 6.07. The molecule has 1 fully saturated rings. The molecule has 33 heavy (non-hydrogen) atoms. The molecule has 3 aromatic carbocycles. The van der Waals surface area contributed by atoms with Crippen molar-refractivity contribution in [1.82, 2.24) is 10.2 Å². The van der Waals surface area contributed by atoms with Gasteiger partial charge in [0.2, 0.25) is 0 Å². The van der Waals surface area contributed by atoms with Gasteiger partial charge in [-0.15, -0.1) is 0 Å². The lowest BCUT2D eigenvalue weighted by atomic mass is 9.89. The van der Waals surface area contributed by atoms with Crippen molar-refractivity contribution in [3.05, 3.63) is 101 Å². The fraction of sp³-hybridized carbons (Fsp3) is 0.222. The van der Waals surface area contributed by atoms with Crippen molar-refractivity contribution in [3.63, 3.8) is 0 Å². The molecule has 1 aliphatic heterocycles. The summed E-state index contributed by atoms with van der Waals surface area (Å²) in [5, 5.41) is 5.73. The Balaban J connectivity index is 1.30. The van der Waals surface area contributed by atoms with Crippen molar-refractivity contribution >= 4 is 23.5 Å². The Morgan fingerprint density at radius 2 is 1.70 bits per heavy atom. The zero-order valence-electron chi connectivity index (χ0n) is 18.4. The summed E-state index contributed by atoms with van der Waals surface area (Å²) in [5.41, 5.74) is 4.32. The van der Waals surface area contributed by atoms with Gasteiger partial charge in [0.25, 0.3) is 11.8 Å². The maximum absolute atomic E-state index is 13.3. The fourth-order valence-corrected chi connectivity index (χ4v) is 4.59. The minimum absolute atomic E-state index is 0.145. The number of hydrogen-bond donors (Lipinski definition) is 2. The molecule has 0 radical (unpaired) electrons. The number of aryl methyl sites for hydroxylation is 2. The van der Waals surface area contributed by atoms with Crippen LogP contribution >= 0.6 is 0 Å². The van der Waals surface area contributed by atoms with Gasteiger partial charge in [-0.25, -0.2) is 4.79 Å². The van der Waals surface area contributed by atoms with Crippen molar-refractivity contribution in [2.24, 2.45) is 0 Å². The number of benzene rings is 3. The number of urea groups is 1. The molecule has 3 aromatic rings. The molecule has 1 aliphatic carbocycles. The highest BCUT2D eigenvalue weighted by atomic mass is 16.2. The highest BCUT2D eigenvalue weighted by Gasteiger charge is 2.49. The molecular weight excluding hydrogens is 414 g/mol. The third-order valence-corrected chi connectivity index (χ3v) is 6.54. The number of nitrogens with zero attached hydrogens (tertiary/aromatic N) is 1. The monoisotopic (exact) mass is 439 g/mol. The standard InChI is InChI=1S/C27H25N3O3/c1-27(22-15-14-19-6-5-7-21(19)16-22)25(32)30(26(33)29-27)17-18-10-12-20(13-11-18)24(31)28-23-8-3-2-4-9-23/h2-4,8-16H,5-7,17H2,1H3,(H,28,31)(H,29,33). The van der Waals surface area contributed by atoms with E-state index in [0.717, 1.165) is 36.1 Å². The third-order valence-electron chi connectivity index (χ3n) is 6.54. The Bertz CT molecular complexity index is 1240. The van der Waals surface area contributed by atoms with E-state index in [4.69, 9.17) is 0 Å². The third kappa shape index (κ3) is 3.89. The summed E-state index contributed by atoms with van der Waals surface area (Å²) in [7, 11) is 0. The number of para-hydroxylation sites is 1. The number of imide groups is 1. The van der Waals surface area contributed by atoms with Crippen LogP contribution in [0.15, 0.2) is 72.8 Å². The summed E-state index contributed by atoms with van der Waals surface area (Å²) < 4.78 is 0. The zero-order valence-corrected chi connectivity index (χ0v) is 18.4. The lowest BCUT2D eigenvalue weighted by Crippen LogP contribution is -2.40. The van der Waals surface area contributed by atoms with Crippen molar-refractivity contribution < 1.29 is 14.4 Å². The predicted octanol–water partition coefficient (Wildman–Crippen LogP) is 4.39. The SMILES string of the molecule is CC1(c2ccc3c(c2)CCC3)NC(=O)N(Cc2ccc(C(=O)Nc3ccccc3)cc2)C1=O. The Kier molecular flexibility index (Phi) is 5.21. The number of nitrogens with one attached hydrogen (secondary N) is 2. The molecule has 0 bridgehead atoms. The van der Waals surface area contributed by atoms with Gasteiger partial charge < -0.3 is 10.6 Å². The molecular formula is C27H25N3O3. The minimum Gasteiger partial charge on any atom is -0.322 e. The van der Waals surface area contributed by atoms with Gasteiger partial charge in [-0.1, -0.05) is 48.5 Å². The van der Waals surface area contributed by atoms with Crippen LogP contribution in [0.4, 0.5) is 10.5 Å². The smallest absolute Gasteiger partial charge is 0.322 e. The first-order chi connectivity index (χ1) is 15.9. The maximum Gasteiger partial charge on any atom is 0.325 e. The Morgan fingerprint density at radius 3 is 2.45 bits per heavy atom. The second-order valence-electron chi connectivity index (χ2n) is 8.80. The first-order valence-electron chi connectivity index (χ1n) is 11.2. The zero-order chi connectivity index (χ0) is 23.0. The number of carbonyl (C=O) groups is 3. The average Bonchev–Trinajstić information content (AvgIpc) is 3.38. The number of fused-ring (bicyclic) bond motifs is 1. The van der Waals surface area contributed by atoms with Crippen LogP contribution < -0.4 is 10.6 Å². The van der Waals surface area contributed by atoms with Crippen molar-refractivity contribution in [1.29, 1.82) is 0 Å². The van der Waals surface area contributed by atoms with Crippen molar-refractivity contribution in [2.45, 2.75) is 38.3 Å². The Morgan fingerprint density at radius 1 is 0.970 bits per heavy atom. The first-order valence-corrected chi connectivity index (χ1v) is 11.2. The van der Waals surface area contributed by atoms with Gasteiger partial charge in [0.15, 0.2) is 0 Å². The number of rotatable bonds is 5. The van der Waals surface area contributed by atoms with Gasteiger partial charge in [0.1, 0.15) is 5.54 Å². The summed E-state index contributed by atoms with van der Waals surface area (Å²) in [4.78, 5) is 39.7. The van der Waals surface area contributed by atoms with Gasteiger partial charge in [-0.3, -0.25) is 14.5 Å². The van der Waals surface area contributed by atoms with E-state index in [-0.39, 0.29) is 18.4 Å². The summed E-state index contributed by atoms with van der Waals surface area (Å²) in [6.45, 7) is 1.91. The van der Waals surface area contributed by atoms with Gasteiger partial charge in [-0.05, 0) is 72.7 Å². The summed E-state index contributed by atoms with van der Waals surface area (Å²) in [6.07, 6.45) is 3.20. The van der Waals surface area contributed by atoms with Crippen LogP contribution in [0.3, 0.4) is 0 Å². The van der Waals surface area contributed by atoms with Gasteiger partial charge in [0.05, 0.1) is 6.54 Å². The molecule has 4 amide bonds. The van der Waals surface area contributed by atoms with Crippen molar-refractivity contribution in [3.8, 4) is 0 Å². The van der Waals surface area contributed by atoms with Gasteiger partial charge in [-0.2, -0.15) is 0 Å². The quantitative estimate of drug-likeness (QED) is 0.579. The maximum atomic E-state index is 13.3. The summed E-state index contributed by atoms with van der Waals surface area (Å²) in [5.74, 6) is -0.483.